The van der Waals surface area contributed by atoms with Gasteiger partial charge in [-0.3, -0.25) is 10.1 Å². The highest BCUT2D eigenvalue weighted by Crippen LogP contribution is 2.27. The number of esters is 1. The summed E-state index contributed by atoms with van der Waals surface area (Å²) in [5.41, 5.74) is 3.02. The van der Waals surface area contributed by atoms with Crippen LogP contribution in [-0.4, -0.2) is 31.6 Å². The second-order valence-corrected chi connectivity index (χ2v) is 8.62. The molecule has 0 atom stereocenters. The van der Waals surface area contributed by atoms with Gasteiger partial charge in [-0.2, -0.15) is 9.97 Å². The molecule has 5 aromatic rings. The molecule has 2 aromatic heterocycles. The van der Waals surface area contributed by atoms with E-state index in [9.17, 15) is 9.59 Å². The van der Waals surface area contributed by atoms with Gasteiger partial charge in [-0.1, -0.05) is 103 Å². The molecule has 0 fully saturated rings. The molecule has 190 valence electrons. The number of carbonyl (C=O) groups excluding carboxylic acids is 2. The molecular weight excluding hydrogens is 506 g/mol. The lowest BCUT2D eigenvalue weighted by molar-refractivity contribution is -0.145. The number of amides is 1. The molecule has 0 saturated heterocycles. The van der Waals surface area contributed by atoms with E-state index in [0.717, 1.165) is 16.7 Å². The van der Waals surface area contributed by atoms with Crippen molar-refractivity contribution < 1.29 is 19.1 Å². The van der Waals surface area contributed by atoms with Gasteiger partial charge in [0.15, 0.2) is 16.9 Å². The summed E-state index contributed by atoms with van der Waals surface area (Å²) in [4.78, 5) is 38.0. The van der Waals surface area contributed by atoms with Gasteiger partial charge in [0.25, 0.3) is 0 Å². The third-order valence-corrected chi connectivity index (χ3v) is 5.87. The standard InChI is InChI=1S/C28H22ClN5O4/c29-25-23-26(34(18-30-23)16-22(35)37-17-19-10-4-1-5-11-19)32-27(31-25)33-28(36)38-24(20-12-6-2-7-13-20)21-14-8-3-9-15-21/h1-15,18,24H,16-17H2,(H,31,32,33,36). The van der Waals surface area contributed by atoms with E-state index in [1.54, 1.807) is 0 Å². The van der Waals surface area contributed by atoms with E-state index >= 15 is 0 Å². The summed E-state index contributed by atoms with van der Waals surface area (Å²) < 4.78 is 12.6. The molecule has 0 saturated carbocycles. The predicted octanol–water partition coefficient (Wildman–Crippen LogP) is 5.56. The highest BCUT2D eigenvalue weighted by atomic mass is 35.5. The van der Waals surface area contributed by atoms with Crippen LogP contribution in [0.3, 0.4) is 0 Å². The highest BCUT2D eigenvalue weighted by Gasteiger charge is 2.21. The molecule has 1 N–H and O–H groups in total. The fourth-order valence-electron chi connectivity index (χ4n) is 3.82. The first kappa shape index (κ1) is 24.9. The third kappa shape index (κ3) is 5.96. The quantitative estimate of drug-likeness (QED) is 0.208. The normalized spacial score (nSPS) is 10.9. The Bertz CT molecular complexity index is 1510. The van der Waals surface area contributed by atoms with Crippen molar-refractivity contribution in [3.63, 3.8) is 0 Å². The lowest BCUT2D eigenvalue weighted by Gasteiger charge is -2.19. The van der Waals surface area contributed by atoms with Crippen molar-refractivity contribution in [3.8, 4) is 0 Å². The molecular formula is C28H22ClN5O4. The Balaban J connectivity index is 1.31. The Morgan fingerprint density at radius 1 is 0.868 bits per heavy atom. The molecule has 5 rings (SSSR count). The van der Waals surface area contributed by atoms with Crippen molar-refractivity contribution in [3.05, 3.63) is 119 Å². The van der Waals surface area contributed by atoms with Crippen molar-refractivity contribution in [1.82, 2.24) is 19.5 Å². The van der Waals surface area contributed by atoms with Crippen molar-refractivity contribution in [2.45, 2.75) is 19.3 Å². The average Bonchev–Trinajstić information content (AvgIpc) is 3.35. The molecule has 0 radical (unpaired) electrons. The van der Waals surface area contributed by atoms with Crippen LogP contribution < -0.4 is 5.32 Å². The summed E-state index contributed by atoms with van der Waals surface area (Å²) in [7, 11) is 0. The number of carbonyl (C=O) groups is 2. The van der Waals surface area contributed by atoms with Crippen LogP contribution in [0, 0.1) is 0 Å². The monoisotopic (exact) mass is 527 g/mol. The second kappa shape index (κ2) is 11.5. The van der Waals surface area contributed by atoms with Gasteiger partial charge in [0.05, 0.1) is 6.33 Å². The topological polar surface area (TPSA) is 108 Å². The summed E-state index contributed by atoms with van der Waals surface area (Å²) in [6.45, 7) is -0.00463. The summed E-state index contributed by atoms with van der Waals surface area (Å²) in [6.07, 6.45) is -0.00855. The third-order valence-electron chi connectivity index (χ3n) is 5.61. The molecule has 1 amide bonds. The lowest BCUT2D eigenvalue weighted by Crippen LogP contribution is -2.20. The van der Waals surface area contributed by atoms with E-state index in [0.29, 0.717) is 0 Å². The first-order valence-electron chi connectivity index (χ1n) is 11.7. The smallest absolute Gasteiger partial charge is 0.414 e. The van der Waals surface area contributed by atoms with Crippen molar-refractivity contribution in [2.24, 2.45) is 0 Å². The van der Waals surface area contributed by atoms with E-state index in [-0.39, 0.29) is 35.4 Å². The van der Waals surface area contributed by atoms with Gasteiger partial charge < -0.3 is 14.0 Å². The first-order valence-corrected chi connectivity index (χ1v) is 12.1. The SMILES string of the molecule is O=C(Cn1cnc2c(Cl)nc(NC(=O)OC(c3ccccc3)c3ccccc3)nc21)OCc1ccccc1. The van der Waals surface area contributed by atoms with E-state index < -0.39 is 18.2 Å². The summed E-state index contributed by atoms with van der Waals surface area (Å²) in [6, 6.07) is 28.1. The number of nitrogens with zero attached hydrogens (tertiary/aromatic N) is 4. The average molecular weight is 528 g/mol. The molecule has 2 heterocycles. The molecule has 10 heteroatoms. The van der Waals surface area contributed by atoms with Gasteiger partial charge >= 0.3 is 12.1 Å². The Morgan fingerprint density at radius 2 is 1.47 bits per heavy atom. The zero-order chi connectivity index (χ0) is 26.3. The minimum Gasteiger partial charge on any atom is -0.459 e. The molecule has 0 unspecified atom stereocenters. The van der Waals surface area contributed by atoms with Gasteiger partial charge in [0.2, 0.25) is 5.95 Å². The summed E-state index contributed by atoms with van der Waals surface area (Å²) in [5, 5.41) is 2.55. The zero-order valence-electron chi connectivity index (χ0n) is 20.0. The van der Waals surface area contributed by atoms with Crippen LogP contribution in [0.25, 0.3) is 11.2 Å². The van der Waals surface area contributed by atoms with Crippen LogP contribution in [0.2, 0.25) is 5.15 Å². The molecule has 0 spiro atoms. The lowest BCUT2D eigenvalue weighted by atomic mass is 10.0. The zero-order valence-corrected chi connectivity index (χ0v) is 20.8. The van der Waals surface area contributed by atoms with E-state index in [1.165, 1.54) is 10.9 Å². The number of aromatic nitrogens is 4. The fraction of sp³-hybridized carbons (Fsp3) is 0.107. The molecule has 38 heavy (non-hydrogen) atoms. The van der Waals surface area contributed by atoms with Crippen LogP contribution in [0.15, 0.2) is 97.3 Å². The van der Waals surface area contributed by atoms with Crippen molar-refractivity contribution in [2.75, 3.05) is 5.32 Å². The van der Waals surface area contributed by atoms with Gasteiger partial charge in [0, 0.05) is 0 Å². The number of imidazole rings is 1. The number of rotatable bonds is 8. The Labute approximate surface area is 223 Å². The molecule has 0 aliphatic heterocycles. The summed E-state index contributed by atoms with van der Waals surface area (Å²) >= 11 is 6.30. The van der Waals surface area contributed by atoms with Gasteiger partial charge in [-0.05, 0) is 16.7 Å². The predicted molar refractivity (Wildman–Crippen MR) is 141 cm³/mol. The van der Waals surface area contributed by atoms with Crippen LogP contribution in [-0.2, 0) is 27.4 Å². The number of benzene rings is 3. The number of ether oxygens (including phenoxy) is 2. The van der Waals surface area contributed by atoms with Crippen molar-refractivity contribution in [1.29, 1.82) is 0 Å². The van der Waals surface area contributed by atoms with E-state index in [2.05, 4.69) is 20.3 Å². The first-order chi connectivity index (χ1) is 18.6. The Hall–Kier alpha value is -4.76. The molecule has 0 bridgehead atoms. The van der Waals surface area contributed by atoms with Crippen LogP contribution in [0.5, 0.6) is 0 Å². The van der Waals surface area contributed by atoms with Crippen LogP contribution in [0.4, 0.5) is 10.7 Å². The number of halogens is 1. The number of nitrogens with one attached hydrogen (secondary N) is 1. The number of hydrogen-bond donors (Lipinski definition) is 1. The maximum absolute atomic E-state index is 12.9. The molecule has 3 aromatic carbocycles. The molecule has 0 aliphatic rings. The van der Waals surface area contributed by atoms with Gasteiger partial charge in [0.1, 0.15) is 18.7 Å². The fourth-order valence-corrected chi connectivity index (χ4v) is 4.03. The van der Waals surface area contributed by atoms with Crippen LogP contribution in [0.1, 0.15) is 22.8 Å². The number of hydrogen-bond acceptors (Lipinski definition) is 7. The van der Waals surface area contributed by atoms with E-state index in [4.69, 9.17) is 21.1 Å². The molecule has 0 aliphatic carbocycles. The van der Waals surface area contributed by atoms with Crippen LogP contribution >= 0.6 is 11.6 Å². The maximum atomic E-state index is 12.9. The minimum atomic E-state index is -0.772. The number of fused-ring (bicyclic) bond motifs is 1. The number of anilines is 1. The van der Waals surface area contributed by atoms with Gasteiger partial charge in [-0.25, -0.2) is 9.78 Å². The Morgan fingerprint density at radius 3 is 2.11 bits per heavy atom. The second-order valence-electron chi connectivity index (χ2n) is 8.26. The Kier molecular flexibility index (Phi) is 7.56. The minimum absolute atomic E-state index is 0.0179. The van der Waals surface area contributed by atoms with E-state index in [1.807, 2.05) is 91.0 Å². The van der Waals surface area contributed by atoms with Crippen molar-refractivity contribution >= 4 is 40.8 Å². The highest BCUT2D eigenvalue weighted by molar-refractivity contribution is 6.33. The summed E-state index contributed by atoms with van der Waals surface area (Å²) in [5.74, 6) is -0.572. The largest absolute Gasteiger partial charge is 0.459 e. The maximum Gasteiger partial charge on any atom is 0.414 e. The van der Waals surface area contributed by atoms with Gasteiger partial charge in [-0.15, -0.1) is 0 Å². The molecule has 9 nitrogen and oxygen atoms in total.